The molecule has 0 bridgehead atoms. The third kappa shape index (κ3) is 2.32. The minimum atomic E-state index is -0.206. The Morgan fingerprint density at radius 1 is 1.42 bits per heavy atom. The van der Waals surface area contributed by atoms with Crippen LogP contribution in [0.5, 0.6) is 0 Å². The average molecular weight is 273 g/mol. The molecule has 0 saturated carbocycles. The fourth-order valence-electron chi connectivity index (χ4n) is 1.78. The highest BCUT2D eigenvalue weighted by atomic mass is 32.1. The van der Waals surface area contributed by atoms with Crippen molar-refractivity contribution in [3.63, 3.8) is 0 Å². The van der Waals surface area contributed by atoms with Crippen molar-refractivity contribution >= 4 is 28.5 Å². The molecule has 96 valence electrons. The third-order valence-electron chi connectivity index (χ3n) is 2.75. The maximum Gasteiger partial charge on any atom is 0.265 e. The lowest BCUT2D eigenvalue weighted by atomic mass is 10.3. The van der Waals surface area contributed by atoms with Crippen molar-refractivity contribution in [3.8, 4) is 0 Å². The lowest BCUT2D eigenvalue weighted by Gasteiger charge is -2.09. The molecule has 3 rings (SSSR count). The molecule has 0 aliphatic heterocycles. The predicted molar refractivity (Wildman–Crippen MR) is 71.9 cm³/mol. The SMILES string of the molecule is CC(NC(=O)c1cnns1)c1nc2ccccc2[nH]1. The summed E-state index contributed by atoms with van der Waals surface area (Å²) in [5, 5.41) is 6.50. The molecule has 6 nitrogen and oxygen atoms in total. The van der Waals surface area contributed by atoms with Gasteiger partial charge in [0.05, 0.1) is 23.3 Å². The minimum Gasteiger partial charge on any atom is -0.342 e. The molecule has 0 spiro atoms. The number of nitrogens with zero attached hydrogens (tertiary/aromatic N) is 3. The summed E-state index contributed by atoms with van der Waals surface area (Å²) in [6.45, 7) is 1.88. The van der Waals surface area contributed by atoms with Gasteiger partial charge < -0.3 is 10.3 Å². The number of carbonyl (C=O) groups is 1. The second-order valence-electron chi connectivity index (χ2n) is 4.12. The number of benzene rings is 1. The first kappa shape index (κ1) is 11.8. The van der Waals surface area contributed by atoms with Gasteiger partial charge in [0.25, 0.3) is 5.91 Å². The summed E-state index contributed by atoms with van der Waals surface area (Å²) >= 11 is 1.07. The maximum absolute atomic E-state index is 11.9. The molecular weight excluding hydrogens is 262 g/mol. The molecule has 7 heteroatoms. The molecule has 2 aromatic heterocycles. The van der Waals surface area contributed by atoms with E-state index < -0.39 is 0 Å². The van der Waals surface area contributed by atoms with Crippen molar-refractivity contribution in [1.82, 2.24) is 24.9 Å². The molecule has 2 N–H and O–H groups in total. The first-order chi connectivity index (χ1) is 9.24. The summed E-state index contributed by atoms with van der Waals surface area (Å²) in [6, 6.07) is 7.54. The number of carbonyl (C=O) groups excluding carboxylic acids is 1. The van der Waals surface area contributed by atoms with E-state index in [1.165, 1.54) is 6.20 Å². The second-order valence-corrected chi connectivity index (χ2v) is 4.90. The van der Waals surface area contributed by atoms with Crippen molar-refractivity contribution < 1.29 is 4.79 Å². The zero-order chi connectivity index (χ0) is 13.2. The van der Waals surface area contributed by atoms with Crippen LogP contribution in [0.1, 0.15) is 28.5 Å². The number of nitrogens with one attached hydrogen (secondary N) is 2. The molecule has 0 aliphatic carbocycles. The molecule has 0 saturated heterocycles. The van der Waals surface area contributed by atoms with Gasteiger partial charge in [-0.3, -0.25) is 4.79 Å². The lowest BCUT2D eigenvalue weighted by molar-refractivity contribution is 0.0942. The Labute approximate surface area is 113 Å². The summed E-state index contributed by atoms with van der Waals surface area (Å²) in [7, 11) is 0. The van der Waals surface area contributed by atoms with Crippen LogP contribution in [0.15, 0.2) is 30.5 Å². The summed E-state index contributed by atoms with van der Waals surface area (Å²) in [6.07, 6.45) is 1.45. The lowest BCUT2D eigenvalue weighted by Crippen LogP contribution is -2.26. The number of rotatable bonds is 3. The van der Waals surface area contributed by atoms with Crippen molar-refractivity contribution in [2.75, 3.05) is 0 Å². The third-order valence-corrected chi connectivity index (χ3v) is 3.41. The van der Waals surface area contributed by atoms with Crippen LogP contribution in [-0.2, 0) is 0 Å². The van der Waals surface area contributed by atoms with Crippen molar-refractivity contribution in [3.05, 3.63) is 41.2 Å². The molecule has 3 aromatic rings. The summed E-state index contributed by atoms with van der Waals surface area (Å²) in [4.78, 5) is 20.0. The summed E-state index contributed by atoms with van der Waals surface area (Å²) < 4.78 is 3.67. The topological polar surface area (TPSA) is 83.6 Å². The van der Waals surface area contributed by atoms with Crippen LogP contribution < -0.4 is 5.32 Å². The number of aromatic amines is 1. The van der Waals surface area contributed by atoms with Gasteiger partial charge in [0, 0.05) is 0 Å². The molecule has 1 amide bonds. The van der Waals surface area contributed by atoms with E-state index in [0.717, 1.165) is 28.4 Å². The molecule has 0 fully saturated rings. The number of hydrogen-bond donors (Lipinski definition) is 2. The van der Waals surface area contributed by atoms with Crippen molar-refractivity contribution in [2.45, 2.75) is 13.0 Å². The molecule has 0 radical (unpaired) electrons. The Morgan fingerprint density at radius 2 is 2.26 bits per heavy atom. The molecule has 0 aliphatic rings. The largest absolute Gasteiger partial charge is 0.342 e. The van der Waals surface area contributed by atoms with Gasteiger partial charge in [-0.1, -0.05) is 16.6 Å². The number of aromatic nitrogens is 4. The van der Waals surface area contributed by atoms with Gasteiger partial charge in [0.2, 0.25) is 0 Å². The number of para-hydroxylation sites is 2. The molecule has 1 aromatic carbocycles. The van der Waals surface area contributed by atoms with Crippen LogP contribution in [0.25, 0.3) is 11.0 Å². The van der Waals surface area contributed by atoms with E-state index in [1.54, 1.807) is 0 Å². The zero-order valence-corrected chi connectivity index (χ0v) is 10.9. The highest BCUT2D eigenvalue weighted by Crippen LogP contribution is 2.16. The van der Waals surface area contributed by atoms with E-state index in [1.807, 2.05) is 31.2 Å². The first-order valence-electron chi connectivity index (χ1n) is 5.77. The quantitative estimate of drug-likeness (QED) is 0.763. The van der Waals surface area contributed by atoms with Gasteiger partial charge in [-0.05, 0) is 30.6 Å². The van der Waals surface area contributed by atoms with E-state index in [4.69, 9.17) is 0 Å². The first-order valence-corrected chi connectivity index (χ1v) is 6.54. The standard InChI is InChI=1S/C12H11N5OS/c1-7(14-12(18)10-6-13-17-19-10)11-15-8-4-2-3-5-9(8)16-11/h2-7H,1H3,(H,14,18)(H,15,16). The second kappa shape index (κ2) is 4.77. The van der Waals surface area contributed by atoms with Crippen molar-refractivity contribution in [1.29, 1.82) is 0 Å². The summed E-state index contributed by atoms with van der Waals surface area (Å²) in [5.74, 6) is 0.537. The molecular formula is C12H11N5OS. The van der Waals surface area contributed by atoms with Gasteiger partial charge in [0.1, 0.15) is 10.7 Å². The minimum absolute atomic E-state index is 0.192. The molecule has 2 heterocycles. The van der Waals surface area contributed by atoms with Gasteiger partial charge in [-0.2, -0.15) is 0 Å². The molecule has 1 unspecified atom stereocenters. The van der Waals surface area contributed by atoms with Crippen LogP contribution in [0, 0.1) is 0 Å². The zero-order valence-electron chi connectivity index (χ0n) is 10.1. The highest BCUT2D eigenvalue weighted by Gasteiger charge is 2.15. The Balaban J connectivity index is 1.80. The number of amides is 1. The van der Waals surface area contributed by atoms with Gasteiger partial charge in [-0.15, -0.1) is 5.10 Å². The normalized spacial score (nSPS) is 12.5. The number of imidazole rings is 1. The highest BCUT2D eigenvalue weighted by molar-refractivity contribution is 7.07. The van der Waals surface area contributed by atoms with Crippen LogP contribution in [0.3, 0.4) is 0 Å². The van der Waals surface area contributed by atoms with Crippen LogP contribution in [0.4, 0.5) is 0 Å². The average Bonchev–Trinajstić information content (AvgIpc) is 3.07. The number of H-pyrrole nitrogens is 1. The predicted octanol–water partition coefficient (Wildman–Crippen LogP) is 1.91. The Bertz CT molecular complexity index is 673. The van der Waals surface area contributed by atoms with Crippen LogP contribution in [-0.4, -0.2) is 25.5 Å². The van der Waals surface area contributed by atoms with E-state index in [2.05, 4.69) is 24.9 Å². The van der Waals surface area contributed by atoms with E-state index in [0.29, 0.717) is 4.88 Å². The van der Waals surface area contributed by atoms with Crippen LogP contribution in [0.2, 0.25) is 0 Å². The van der Waals surface area contributed by atoms with Crippen LogP contribution >= 0.6 is 11.5 Å². The van der Waals surface area contributed by atoms with E-state index in [-0.39, 0.29) is 11.9 Å². The Kier molecular flexibility index (Phi) is 2.96. The maximum atomic E-state index is 11.9. The number of fused-ring (bicyclic) bond motifs is 1. The summed E-state index contributed by atoms with van der Waals surface area (Å²) in [5.41, 5.74) is 1.84. The van der Waals surface area contributed by atoms with Gasteiger partial charge in [-0.25, -0.2) is 4.98 Å². The Hall–Kier alpha value is -2.28. The fraction of sp³-hybridized carbons (Fsp3) is 0.167. The van der Waals surface area contributed by atoms with Gasteiger partial charge in [0.15, 0.2) is 0 Å². The smallest absolute Gasteiger partial charge is 0.265 e. The fourth-order valence-corrected chi connectivity index (χ4v) is 2.20. The van der Waals surface area contributed by atoms with Gasteiger partial charge >= 0.3 is 0 Å². The van der Waals surface area contributed by atoms with Crippen molar-refractivity contribution in [2.24, 2.45) is 0 Å². The Morgan fingerprint density at radius 3 is 3.00 bits per heavy atom. The van der Waals surface area contributed by atoms with E-state index in [9.17, 15) is 4.79 Å². The molecule has 1 atom stereocenters. The molecule has 19 heavy (non-hydrogen) atoms. The van der Waals surface area contributed by atoms with E-state index >= 15 is 0 Å². The monoisotopic (exact) mass is 273 g/mol. The number of hydrogen-bond acceptors (Lipinski definition) is 5.